The lowest BCUT2D eigenvalue weighted by atomic mass is 10.1. The Bertz CT molecular complexity index is 406. The van der Waals surface area contributed by atoms with Crippen LogP contribution in [0.2, 0.25) is 0 Å². The molecule has 5 nitrogen and oxygen atoms in total. The van der Waals surface area contributed by atoms with Gasteiger partial charge in [-0.2, -0.15) is 0 Å². The Labute approximate surface area is 117 Å². The third-order valence-corrected chi connectivity index (χ3v) is 3.77. The molecule has 1 aromatic rings. The van der Waals surface area contributed by atoms with Crippen molar-refractivity contribution in [2.75, 3.05) is 0 Å². The number of carboxylic acid groups (broad SMARTS) is 1. The minimum Gasteiger partial charge on any atom is -0.480 e. The molecule has 0 fully saturated rings. The number of amides is 2. The van der Waals surface area contributed by atoms with Gasteiger partial charge in [-0.1, -0.05) is 26.3 Å². The highest BCUT2D eigenvalue weighted by Crippen LogP contribution is 2.22. The van der Waals surface area contributed by atoms with E-state index in [0.717, 1.165) is 17.7 Å². The van der Waals surface area contributed by atoms with Crippen LogP contribution in [0.4, 0.5) is 4.79 Å². The van der Waals surface area contributed by atoms with Gasteiger partial charge in [0.2, 0.25) is 0 Å². The van der Waals surface area contributed by atoms with Crippen molar-refractivity contribution in [1.82, 2.24) is 10.6 Å². The summed E-state index contributed by atoms with van der Waals surface area (Å²) in [5.74, 6) is -1.01. The largest absolute Gasteiger partial charge is 0.480 e. The second-order valence-corrected chi connectivity index (χ2v) is 5.25. The number of hydrogen-bond acceptors (Lipinski definition) is 3. The molecule has 19 heavy (non-hydrogen) atoms. The third kappa shape index (κ3) is 4.90. The molecular weight excluding hydrogens is 264 g/mol. The molecular formula is C13H20N2O3S. The fourth-order valence-electron chi connectivity index (χ4n) is 1.76. The van der Waals surface area contributed by atoms with Gasteiger partial charge < -0.3 is 15.7 Å². The Kier molecular flexibility index (Phi) is 6.35. The van der Waals surface area contributed by atoms with Crippen molar-refractivity contribution in [2.24, 2.45) is 0 Å². The van der Waals surface area contributed by atoms with Gasteiger partial charge in [0.1, 0.15) is 6.04 Å². The quantitative estimate of drug-likeness (QED) is 0.720. The van der Waals surface area contributed by atoms with Crippen molar-refractivity contribution < 1.29 is 14.7 Å². The highest BCUT2D eigenvalue weighted by atomic mass is 32.1. The van der Waals surface area contributed by atoms with Crippen LogP contribution in [0, 0.1) is 0 Å². The SMILES string of the molecule is CCCC(NC(=O)N[C@@H](CC)C(=O)O)c1cccs1. The fourth-order valence-corrected chi connectivity index (χ4v) is 2.57. The average molecular weight is 284 g/mol. The van der Waals surface area contributed by atoms with Crippen molar-refractivity contribution in [3.8, 4) is 0 Å². The molecule has 6 heteroatoms. The zero-order valence-electron chi connectivity index (χ0n) is 11.2. The number of hydrogen-bond donors (Lipinski definition) is 3. The van der Waals surface area contributed by atoms with Crippen molar-refractivity contribution in [3.05, 3.63) is 22.4 Å². The zero-order valence-corrected chi connectivity index (χ0v) is 12.0. The van der Waals surface area contributed by atoms with Crippen LogP contribution in [0.1, 0.15) is 44.0 Å². The van der Waals surface area contributed by atoms with Crippen molar-refractivity contribution in [2.45, 2.75) is 45.2 Å². The molecule has 2 amide bonds. The molecule has 3 N–H and O–H groups in total. The maximum Gasteiger partial charge on any atom is 0.326 e. The van der Waals surface area contributed by atoms with E-state index in [1.807, 2.05) is 24.4 Å². The summed E-state index contributed by atoms with van der Waals surface area (Å²) in [4.78, 5) is 23.8. The smallest absolute Gasteiger partial charge is 0.326 e. The first-order valence-electron chi connectivity index (χ1n) is 6.41. The van der Waals surface area contributed by atoms with Crippen LogP contribution in [0.25, 0.3) is 0 Å². The van der Waals surface area contributed by atoms with Crippen LogP contribution in [0.5, 0.6) is 0 Å². The number of carbonyl (C=O) groups excluding carboxylic acids is 1. The lowest BCUT2D eigenvalue weighted by Crippen LogP contribution is -2.46. The lowest BCUT2D eigenvalue weighted by molar-refractivity contribution is -0.139. The van der Waals surface area contributed by atoms with E-state index < -0.39 is 18.0 Å². The van der Waals surface area contributed by atoms with Gasteiger partial charge >= 0.3 is 12.0 Å². The monoisotopic (exact) mass is 284 g/mol. The van der Waals surface area contributed by atoms with E-state index in [2.05, 4.69) is 10.6 Å². The predicted molar refractivity (Wildman–Crippen MR) is 75.4 cm³/mol. The first-order chi connectivity index (χ1) is 9.08. The molecule has 0 aromatic carbocycles. The number of thiophene rings is 1. The van der Waals surface area contributed by atoms with Crippen molar-refractivity contribution in [1.29, 1.82) is 0 Å². The molecule has 0 radical (unpaired) electrons. The molecule has 0 aliphatic carbocycles. The number of urea groups is 1. The number of carbonyl (C=O) groups is 2. The van der Waals surface area contributed by atoms with Crippen LogP contribution in [-0.4, -0.2) is 23.1 Å². The van der Waals surface area contributed by atoms with Crippen LogP contribution in [0.15, 0.2) is 17.5 Å². The molecule has 1 aromatic heterocycles. The minimum absolute atomic E-state index is 0.0590. The Morgan fingerprint density at radius 2 is 2.11 bits per heavy atom. The molecule has 0 bridgehead atoms. The normalized spacial score (nSPS) is 13.6. The standard InChI is InChI=1S/C13H20N2O3S/c1-3-6-10(11-7-5-8-19-11)15-13(18)14-9(4-2)12(16)17/h5,7-10H,3-4,6H2,1-2H3,(H,16,17)(H2,14,15,18)/t9-,10?/m0/s1. The fraction of sp³-hybridized carbons (Fsp3) is 0.538. The van der Waals surface area contributed by atoms with E-state index in [4.69, 9.17) is 5.11 Å². The summed E-state index contributed by atoms with van der Waals surface area (Å²) in [5, 5.41) is 16.2. The van der Waals surface area contributed by atoms with E-state index >= 15 is 0 Å². The molecule has 0 saturated heterocycles. The van der Waals surface area contributed by atoms with Crippen LogP contribution < -0.4 is 10.6 Å². The van der Waals surface area contributed by atoms with Gasteiger partial charge in [0.05, 0.1) is 6.04 Å². The maximum absolute atomic E-state index is 11.8. The maximum atomic E-state index is 11.8. The Morgan fingerprint density at radius 1 is 1.37 bits per heavy atom. The second kappa shape index (κ2) is 7.78. The Hall–Kier alpha value is -1.56. The Morgan fingerprint density at radius 3 is 2.58 bits per heavy atom. The second-order valence-electron chi connectivity index (χ2n) is 4.27. The molecule has 0 aliphatic rings. The van der Waals surface area contributed by atoms with E-state index in [1.54, 1.807) is 18.3 Å². The molecule has 106 valence electrons. The molecule has 0 aliphatic heterocycles. The summed E-state index contributed by atoms with van der Waals surface area (Å²) < 4.78 is 0. The molecule has 1 heterocycles. The van der Waals surface area contributed by atoms with Crippen molar-refractivity contribution >= 4 is 23.3 Å². The van der Waals surface area contributed by atoms with E-state index in [-0.39, 0.29) is 6.04 Å². The van der Waals surface area contributed by atoms with Gasteiger partial charge in [0.15, 0.2) is 0 Å². The first-order valence-corrected chi connectivity index (χ1v) is 7.29. The summed E-state index contributed by atoms with van der Waals surface area (Å²) in [6, 6.07) is 2.58. The van der Waals surface area contributed by atoms with E-state index in [9.17, 15) is 9.59 Å². The van der Waals surface area contributed by atoms with Gasteiger partial charge in [-0.3, -0.25) is 0 Å². The van der Waals surface area contributed by atoms with Gasteiger partial charge in [-0.25, -0.2) is 9.59 Å². The summed E-state index contributed by atoms with van der Waals surface area (Å²) in [6.07, 6.45) is 2.14. The number of aliphatic carboxylic acids is 1. The topological polar surface area (TPSA) is 78.4 Å². The van der Waals surface area contributed by atoms with Gasteiger partial charge in [-0.15, -0.1) is 11.3 Å². The molecule has 1 unspecified atom stereocenters. The summed E-state index contributed by atoms with van der Waals surface area (Å²) in [5.41, 5.74) is 0. The number of rotatable bonds is 7. The van der Waals surface area contributed by atoms with Gasteiger partial charge in [-0.05, 0) is 24.3 Å². The van der Waals surface area contributed by atoms with E-state index in [0.29, 0.717) is 6.42 Å². The van der Waals surface area contributed by atoms with Crippen molar-refractivity contribution in [3.63, 3.8) is 0 Å². The van der Waals surface area contributed by atoms with E-state index in [1.165, 1.54) is 0 Å². The molecule has 0 spiro atoms. The average Bonchev–Trinajstić information content (AvgIpc) is 2.88. The highest BCUT2D eigenvalue weighted by Gasteiger charge is 2.20. The summed E-state index contributed by atoms with van der Waals surface area (Å²) in [6.45, 7) is 3.77. The zero-order chi connectivity index (χ0) is 14.3. The third-order valence-electron chi connectivity index (χ3n) is 2.78. The lowest BCUT2D eigenvalue weighted by Gasteiger charge is -2.19. The predicted octanol–water partition coefficient (Wildman–Crippen LogP) is 2.75. The number of carboxylic acids is 1. The number of nitrogens with one attached hydrogen (secondary N) is 2. The van der Waals surface area contributed by atoms with Crippen LogP contribution >= 0.6 is 11.3 Å². The van der Waals surface area contributed by atoms with Crippen LogP contribution in [0.3, 0.4) is 0 Å². The van der Waals surface area contributed by atoms with Gasteiger partial charge in [0.25, 0.3) is 0 Å². The summed E-state index contributed by atoms with van der Waals surface area (Å²) >= 11 is 1.59. The molecule has 0 saturated carbocycles. The molecule has 2 atom stereocenters. The Balaban J connectivity index is 2.59. The first kappa shape index (κ1) is 15.5. The van der Waals surface area contributed by atoms with Crippen LogP contribution in [-0.2, 0) is 4.79 Å². The summed E-state index contributed by atoms with van der Waals surface area (Å²) in [7, 11) is 0. The van der Waals surface area contributed by atoms with Gasteiger partial charge in [0, 0.05) is 4.88 Å². The molecule has 1 rings (SSSR count). The minimum atomic E-state index is -1.01. The highest BCUT2D eigenvalue weighted by molar-refractivity contribution is 7.10.